The number of para-hydroxylation sites is 2. The summed E-state index contributed by atoms with van der Waals surface area (Å²) in [6.45, 7) is 0. The molecule has 1 aromatic heterocycles. The van der Waals surface area contributed by atoms with Gasteiger partial charge in [-0.15, -0.1) is 0 Å². The van der Waals surface area contributed by atoms with Crippen LogP contribution in [0.5, 0.6) is 0 Å². The molecular weight excluding hydrogens is 569 g/mol. The van der Waals surface area contributed by atoms with E-state index >= 15 is 0 Å². The first kappa shape index (κ1) is 10.7. The zero-order chi connectivity index (χ0) is 55.3. The molecule has 0 N–H and O–H groups in total. The van der Waals surface area contributed by atoms with E-state index in [1.54, 1.807) is 0 Å². The van der Waals surface area contributed by atoms with Crippen LogP contribution in [0, 0.1) is 0 Å². The zero-order valence-corrected chi connectivity index (χ0v) is 23.4. The van der Waals surface area contributed by atoms with Crippen molar-refractivity contribution >= 4 is 65.0 Å². The summed E-state index contributed by atoms with van der Waals surface area (Å²) in [7, 11) is 0. The quantitative estimate of drug-likeness (QED) is 0.178. The highest BCUT2D eigenvalue weighted by atomic mass is 16.3. The third-order valence-electron chi connectivity index (χ3n) is 7.75. The maximum Gasteiger partial charge on any atom is 0.143 e. The number of hydrogen-bond acceptors (Lipinski definition) is 1. The minimum atomic E-state index is -1.11. The van der Waals surface area contributed by atoms with Crippen molar-refractivity contribution in [2.24, 2.45) is 0 Å². The number of fused-ring (bicyclic) bond motifs is 7. The van der Waals surface area contributed by atoms with Gasteiger partial charge in [0.05, 0.1) is 38.4 Å². The first-order chi connectivity index (χ1) is 35.0. The summed E-state index contributed by atoms with van der Waals surface area (Å²) in [4.78, 5) is 0. The van der Waals surface area contributed by atoms with Crippen molar-refractivity contribution in [1.82, 2.24) is 0 Å². The Kier molecular flexibility index (Phi) is 2.31. The summed E-state index contributed by atoms with van der Waals surface area (Å²) in [6, 6.07) is -26.7. The minimum absolute atomic E-state index is 0.485. The lowest BCUT2D eigenvalue weighted by molar-refractivity contribution is 0.670. The molecule has 0 saturated carbocycles. The Bertz CT molecular complexity index is 4440. The molecule has 0 amide bonds. The van der Waals surface area contributed by atoms with Crippen LogP contribution in [-0.4, -0.2) is 0 Å². The molecule has 0 radical (unpaired) electrons. The molecule has 0 bridgehead atoms. The fraction of sp³-hybridized carbons (Fsp3) is 0. The lowest BCUT2D eigenvalue weighted by Crippen LogP contribution is -1.93. The van der Waals surface area contributed by atoms with Crippen molar-refractivity contribution in [3.05, 3.63) is 169 Å². The van der Waals surface area contributed by atoms with Gasteiger partial charge in [0.2, 0.25) is 0 Å². The van der Waals surface area contributed by atoms with Crippen molar-refractivity contribution in [1.29, 1.82) is 0 Å². The first-order valence-corrected chi connectivity index (χ1v) is 13.9. The molecule has 0 spiro atoms. The molecule has 0 saturated heterocycles. The molecule has 10 rings (SSSR count). The van der Waals surface area contributed by atoms with Gasteiger partial charge in [0.1, 0.15) is 11.2 Å². The van der Waals surface area contributed by atoms with Crippen LogP contribution in [0.25, 0.3) is 98.4 Å². The van der Waals surface area contributed by atoms with Crippen molar-refractivity contribution in [3.63, 3.8) is 0 Å². The molecule has 9 aromatic carbocycles. The average Bonchev–Trinajstić information content (AvgIpc) is 3.84. The fourth-order valence-corrected chi connectivity index (χ4v) is 5.79. The van der Waals surface area contributed by atoms with Crippen LogP contribution in [0.2, 0.25) is 0 Å². The maximum absolute atomic E-state index is 9.78. The highest BCUT2D eigenvalue weighted by Crippen LogP contribution is 2.49. The molecule has 10 aromatic rings. The second kappa shape index (κ2) is 10.2. The largest absolute Gasteiger partial charge is 0.455 e. The van der Waals surface area contributed by atoms with Crippen LogP contribution in [0.3, 0.4) is 0 Å². The summed E-state index contributed by atoms with van der Waals surface area (Å²) < 4.78 is 260. The van der Waals surface area contributed by atoms with Gasteiger partial charge in [0.15, 0.2) is 0 Å². The van der Waals surface area contributed by atoms with Crippen molar-refractivity contribution in [2.45, 2.75) is 0 Å². The summed E-state index contributed by atoms with van der Waals surface area (Å²) in [5, 5.41) is -6.98. The number of furan rings is 1. The molecule has 1 heteroatoms. The van der Waals surface area contributed by atoms with Crippen LogP contribution >= 0.6 is 0 Å². The van der Waals surface area contributed by atoms with E-state index in [-0.39, 0.29) is 0 Å². The Labute approximate surface area is 311 Å². The number of benzene rings is 9. The summed E-state index contributed by atoms with van der Waals surface area (Å²) >= 11 is 0. The topological polar surface area (TPSA) is 13.1 Å². The normalized spacial score (nSPS) is 20.2. The van der Waals surface area contributed by atoms with E-state index in [0.29, 0.717) is 0 Å². The molecular formula is C46H28O. The Morgan fingerprint density at radius 2 is 0.872 bits per heavy atom. The molecule has 0 aliphatic rings. The first-order valence-electron chi connectivity index (χ1n) is 27.9. The van der Waals surface area contributed by atoms with Crippen molar-refractivity contribution < 1.29 is 42.8 Å². The van der Waals surface area contributed by atoms with Crippen molar-refractivity contribution in [3.8, 4) is 33.4 Å². The Hall–Kier alpha value is -6.18. The van der Waals surface area contributed by atoms with E-state index in [0.717, 1.165) is 0 Å². The van der Waals surface area contributed by atoms with E-state index in [1.807, 2.05) is 0 Å². The van der Waals surface area contributed by atoms with Crippen LogP contribution in [-0.2, 0) is 0 Å². The highest BCUT2D eigenvalue weighted by Gasteiger charge is 2.22. The average molecular weight is 625 g/mol. The molecule has 0 aliphatic carbocycles. The number of rotatable bonds is 3. The highest BCUT2D eigenvalue weighted by molar-refractivity contribution is 6.26. The third kappa shape index (κ3) is 3.97. The lowest BCUT2D eigenvalue weighted by Gasteiger charge is -2.21. The predicted octanol–water partition coefficient (Wildman–Crippen LogP) is 13.2. The predicted molar refractivity (Wildman–Crippen MR) is 200 cm³/mol. The Morgan fingerprint density at radius 1 is 0.362 bits per heavy atom. The van der Waals surface area contributed by atoms with E-state index in [4.69, 9.17) is 26.3 Å². The van der Waals surface area contributed by atoms with Gasteiger partial charge in [-0.1, -0.05) is 151 Å². The van der Waals surface area contributed by atoms with Gasteiger partial charge < -0.3 is 4.42 Å². The van der Waals surface area contributed by atoms with E-state index < -0.39 is 268 Å². The van der Waals surface area contributed by atoms with Gasteiger partial charge in [-0.2, -0.15) is 0 Å². The zero-order valence-electron chi connectivity index (χ0n) is 51.4. The Balaban J connectivity index is 1.65. The van der Waals surface area contributed by atoms with Crippen LogP contribution in [0.15, 0.2) is 174 Å². The smallest absolute Gasteiger partial charge is 0.143 e. The van der Waals surface area contributed by atoms with Gasteiger partial charge in [0, 0.05) is 16.3 Å². The third-order valence-corrected chi connectivity index (χ3v) is 7.75. The van der Waals surface area contributed by atoms with Gasteiger partial charge in [-0.05, 0) is 89.0 Å². The molecule has 218 valence electrons. The fourth-order valence-electron chi connectivity index (χ4n) is 5.79. The van der Waals surface area contributed by atoms with Gasteiger partial charge in [-0.25, -0.2) is 0 Å². The minimum Gasteiger partial charge on any atom is -0.455 e. The van der Waals surface area contributed by atoms with E-state index in [9.17, 15) is 16.4 Å². The molecule has 0 fully saturated rings. The monoisotopic (exact) mass is 624 g/mol. The van der Waals surface area contributed by atoms with Crippen LogP contribution < -0.4 is 0 Å². The maximum atomic E-state index is 9.78. The summed E-state index contributed by atoms with van der Waals surface area (Å²) in [6.07, 6.45) is 0. The molecule has 47 heavy (non-hydrogen) atoms. The summed E-state index contributed by atoms with van der Waals surface area (Å²) in [5.74, 6) is 0. The molecule has 0 aliphatic heterocycles. The summed E-state index contributed by atoms with van der Waals surface area (Å²) in [5.41, 5.74) is -6.39. The van der Waals surface area contributed by atoms with E-state index in [1.165, 1.54) is 0 Å². The second-order valence-electron chi connectivity index (χ2n) is 10.3. The number of hydrogen-bond donors (Lipinski definition) is 0. The Morgan fingerprint density at radius 3 is 1.57 bits per heavy atom. The molecule has 0 unspecified atom stereocenters. The second-order valence-corrected chi connectivity index (χ2v) is 10.3. The SMILES string of the molecule is [2H]c1c([2H])c([2H])c2c(oc3c(-c4c([2H])c([2H])c([2H])c5c(-c6c([2H])c([2H])c7c([2H])c([2H])c([2H])c([2H])c7c6[2H])c6c([2H])c([2H])c([2H])c([2H])c6c(-c6c([2H])c([2H])c7c([2H])c([2H])c([2H])c([2H])c7c6[2H])c45)c([2H])c([2H])c([2H])c32)c1[2H]. The van der Waals surface area contributed by atoms with Gasteiger partial charge in [-0.3, -0.25) is 0 Å². The van der Waals surface area contributed by atoms with Crippen LogP contribution in [0.4, 0.5) is 0 Å². The van der Waals surface area contributed by atoms with E-state index in [2.05, 4.69) is 0 Å². The molecule has 1 heterocycles. The molecule has 0 atom stereocenters. The molecule has 1 nitrogen and oxygen atoms in total. The lowest BCUT2D eigenvalue weighted by atomic mass is 9.82. The van der Waals surface area contributed by atoms with Gasteiger partial charge >= 0.3 is 0 Å². The van der Waals surface area contributed by atoms with Gasteiger partial charge in [0.25, 0.3) is 0 Å². The van der Waals surface area contributed by atoms with Crippen LogP contribution in [0.1, 0.15) is 38.4 Å². The van der Waals surface area contributed by atoms with Crippen molar-refractivity contribution in [2.75, 3.05) is 0 Å². The standard InChI is InChI=1S/C46H28O/c1-3-13-31-27-33(25-23-29(31)11-1)43-36-16-5-6-17-37(36)44(34-26-24-30-12-2-4-14-32(30)28-34)45-38(18-9-21-41(43)45)40-20-10-19-39-35-15-7-8-22-42(35)47-46(39)40/h1-28H/i1D,2D,3D,4D,5D,6D,7D,8D,9D,10D,11D,12D,13D,14D,15D,16D,17D,18D,19D,20D,21D,22D,23D,24D,25D,26D,27D,28D.